The van der Waals surface area contributed by atoms with Crippen LogP contribution in [0.2, 0.25) is 0 Å². The second-order valence-electron chi connectivity index (χ2n) is 10.8. The highest BCUT2D eigenvalue weighted by Crippen LogP contribution is 2.64. The Hall–Kier alpha value is -3.62. The van der Waals surface area contributed by atoms with Gasteiger partial charge in [0.15, 0.2) is 51.6 Å². The molecular weight excluding hydrogens is 717 g/mol. The first-order valence-corrected chi connectivity index (χ1v) is 19.8. The summed E-state index contributed by atoms with van der Waals surface area (Å²) >= 11 is 6.10. The van der Waals surface area contributed by atoms with E-state index in [2.05, 4.69) is 29.9 Å². The zero-order chi connectivity index (χ0) is 34.2. The number of ether oxygens (including phenoxy) is 3. The molecule has 0 saturated heterocycles. The maximum atomic E-state index is 16.3. The molecule has 256 valence electrons. The van der Waals surface area contributed by atoms with E-state index in [4.69, 9.17) is 55.6 Å². The van der Waals surface area contributed by atoms with E-state index in [9.17, 15) is 9.46 Å². The molecule has 5 N–H and O–H groups in total. The van der Waals surface area contributed by atoms with Gasteiger partial charge < -0.3 is 39.6 Å². The summed E-state index contributed by atoms with van der Waals surface area (Å²) in [6.45, 7) is -6.58. The van der Waals surface area contributed by atoms with Crippen LogP contribution in [0, 0.1) is 0 Å². The molecule has 0 aromatic carbocycles. The van der Waals surface area contributed by atoms with Crippen molar-refractivity contribution in [2.24, 2.45) is 0 Å². The maximum Gasteiger partial charge on any atom is 0.439 e. The third-order valence-corrected chi connectivity index (χ3v) is 12.4. The maximum absolute atomic E-state index is 16.3. The number of hydrogen-bond acceptors (Lipinski definition) is 18. The number of imidazole rings is 2. The Kier molecular flexibility index (Phi) is 7.87. The molecule has 7 rings (SSSR count). The zero-order valence-electron chi connectivity index (χ0n) is 25.4. The molecule has 4 aromatic rings. The molecule has 0 spiro atoms. The fourth-order valence-electron chi connectivity index (χ4n) is 5.56. The topological polar surface area (TPSA) is 241 Å². The summed E-state index contributed by atoms with van der Waals surface area (Å²) < 4.78 is 74.7. The van der Waals surface area contributed by atoms with Crippen LogP contribution in [0.1, 0.15) is 20.1 Å². The van der Waals surface area contributed by atoms with Gasteiger partial charge in [0.1, 0.15) is 36.6 Å². The van der Waals surface area contributed by atoms with Crippen LogP contribution in [-0.2, 0) is 54.4 Å². The minimum Gasteiger partial charge on any atom is -0.494 e. The van der Waals surface area contributed by atoms with Crippen LogP contribution in [0.3, 0.4) is 0 Å². The van der Waals surface area contributed by atoms with Crippen LogP contribution < -0.4 is 11.5 Å². The van der Waals surface area contributed by atoms with Gasteiger partial charge in [0, 0.05) is 11.8 Å². The number of rotatable bonds is 4. The lowest BCUT2D eigenvalue weighted by atomic mass is 10.1. The van der Waals surface area contributed by atoms with Crippen molar-refractivity contribution in [2.45, 2.75) is 37.6 Å². The van der Waals surface area contributed by atoms with Crippen molar-refractivity contribution in [1.29, 1.82) is 0 Å². The van der Waals surface area contributed by atoms with E-state index in [0.29, 0.717) is 11.4 Å². The molecule has 0 aliphatic carbocycles. The number of hydrogen-bond donors (Lipinski definition) is 3. The summed E-state index contributed by atoms with van der Waals surface area (Å²) in [4.78, 5) is 36.2. The molecule has 24 heteroatoms. The predicted molar refractivity (Wildman–Crippen MR) is 170 cm³/mol. The Bertz CT molecular complexity index is 2130. The molecule has 6 atom stereocenters. The predicted octanol–water partition coefficient (Wildman–Crippen LogP) is 3.00. The second kappa shape index (κ2) is 11.5. The number of alkyl halides is 1. The van der Waals surface area contributed by atoms with Crippen LogP contribution in [-0.4, -0.2) is 82.3 Å². The molecule has 19 nitrogen and oxygen atoms in total. The molecule has 3 aliphatic heterocycles. The van der Waals surface area contributed by atoms with E-state index < -0.39 is 56.2 Å². The first-order valence-electron chi connectivity index (χ1n) is 13.8. The Labute approximate surface area is 279 Å². The fraction of sp³-hybridized carbons (Fsp3) is 0.417. The van der Waals surface area contributed by atoms with Gasteiger partial charge in [-0.25, -0.2) is 38.9 Å². The van der Waals surface area contributed by atoms with Gasteiger partial charge in [0.2, 0.25) is 18.1 Å². The highest BCUT2D eigenvalue weighted by molar-refractivity contribution is 8.54. The van der Waals surface area contributed by atoms with E-state index >= 15 is 4.39 Å². The lowest BCUT2D eigenvalue weighted by molar-refractivity contribution is -0.151. The minimum absolute atomic E-state index is 0.00100. The summed E-state index contributed by atoms with van der Waals surface area (Å²) in [5, 5.41) is 0. The molecule has 7 heterocycles. The lowest BCUT2D eigenvalue weighted by Gasteiger charge is -2.33. The highest BCUT2D eigenvalue weighted by atomic mass is 32.7. The molecule has 0 amide bonds. The quantitative estimate of drug-likeness (QED) is 0.254. The van der Waals surface area contributed by atoms with Crippen molar-refractivity contribution >= 4 is 70.7 Å². The van der Waals surface area contributed by atoms with Crippen LogP contribution >= 0.6 is 24.9 Å². The average molecular weight is 745 g/mol. The Balaban J connectivity index is 1.30. The number of nitrogen functional groups attached to an aromatic ring is 2. The van der Waals surface area contributed by atoms with Crippen LogP contribution in [0.15, 0.2) is 48.3 Å². The van der Waals surface area contributed by atoms with Crippen molar-refractivity contribution in [3.63, 3.8) is 0 Å². The first-order chi connectivity index (χ1) is 22.7. The van der Waals surface area contributed by atoms with Gasteiger partial charge in [0.25, 0.3) is 0 Å². The third kappa shape index (κ3) is 5.18. The lowest BCUT2D eigenvalue weighted by Crippen LogP contribution is -2.40. The largest absolute Gasteiger partial charge is 0.494 e. The normalized spacial score (nSPS) is 32.6. The summed E-state index contributed by atoms with van der Waals surface area (Å²) in [7, 11) is 1.33. The summed E-state index contributed by atoms with van der Waals surface area (Å²) in [5.41, 5.74) is 9.52. The molecule has 4 aromatic heterocycles. The second-order valence-corrected chi connectivity index (χ2v) is 17.7. The Morgan fingerprint density at radius 3 is 2.42 bits per heavy atom. The van der Waals surface area contributed by atoms with Crippen molar-refractivity contribution in [3.05, 3.63) is 48.3 Å². The van der Waals surface area contributed by atoms with Crippen LogP contribution in [0.4, 0.5) is 16.0 Å². The van der Waals surface area contributed by atoms with Gasteiger partial charge in [-0.15, -0.1) is 0 Å². The summed E-state index contributed by atoms with van der Waals surface area (Å²) in [6, 6.07) is 0. The summed E-state index contributed by atoms with van der Waals surface area (Å²) in [6.07, 6.45) is 2.96. The van der Waals surface area contributed by atoms with E-state index in [1.807, 2.05) is 0 Å². The van der Waals surface area contributed by atoms with E-state index in [0.717, 1.165) is 0 Å². The van der Waals surface area contributed by atoms with E-state index in [1.54, 1.807) is 13.8 Å². The SMILES string of the molecule is COC1=C2OP(O)(=S)OCC3=C(OP(=O)(SC)OCC1(C)OC2(C)n1cnc2c(N)ncnc21)[C@H](F)C(n1cnc2c(N)ncnc21)O3. The number of halogens is 1. The number of nitrogens with two attached hydrogens (primary N) is 2. The number of fused-ring (bicyclic) bond motifs is 3. The fourth-order valence-corrected chi connectivity index (χ4v) is 8.78. The number of methoxy groups -OCH3 is 1. The number of aromatic nitrogens is 8. The zero-order valence-corrected chi connectivity index (χ0v) is 28.8. The third-order valence-electron chi connectivity index (χ3n) is 7.75. The van der Waals surface area contributed by atoms with Crippen LogP contribution in [0.25, 0.3) is 22.3 Å². The van der Waals surface area contributed by atoms with Gasteiger partial charge >= 0.3 is 13.5 Å². The minimum atomic E-state index is -4.30. The smallest absolute Gasteiger partial charge is 0.439 e. The molecular formula is C24H27FN10O9P2S2. The number of nitrogens with zero attached hydrogens (tertiary/aromatic N) is 8. The van der Waals surface area contributed by atoms with Gasteiger partial charge in [-0.2, -0.15) is 0 Å². The molecule has 48 heavy (non-hydrogen) atoms. The van der Waals surface area contributed by atoms with Crippen molar-refractivity contribution < 1.29 is 46.2 Å². The van der Waals surface area contributed by atoms with Gasteiger partial charge in [-0.1, -0.05) is 0 Å². The standard InChI is InChI=1S/C24H27FN10O9P2S2/c1-23-6-40-46(37,48-4)42-15-11(41-22(12(15)25)34-9-32-13-18(26)28-7-30-20(13)34)5-39-45(36,47)43-17(16(23)38-3)24(2,44-23)35-10-33-14-19(27)29-8-31-21(14)35/h7-10,12,22H,5-6H2,1-4H3,(H,36,47)(H2,26,28,30)(H2,27,29,31)/t12-,22?,23?,24?,45?,46?/m0/s1. The highest BCUT2D eigenvalue weighted by Gasteiger charge is 2.58. The van der Waals surface area contributed by atoms with E-state index in [1.165, 1.54) is 47.8 Å². The molecule has 0 radical (unpaired) electrons. The summed E-state index contributed by atoms with van der Waals surface area (Å²) in [5.74, 6) is -0.782. The van der Waals surface area contributed by atoms with E-state index in [-0.39, 0.29) is 51.2 Å². The molecule has 0 saturated carbocycles. The molecule has 3 aliphatic rings. The van der Waals surface area contributed by atoms with Crippen molar-refractivity contribution in [1.82, 2.24) is 39.0 Å². The molecule has 2 bridgehead atoms. The molecule has 5 unspecified atom stereocenters. The van der Waals surface area contributed by atoms with Gasteiger partial charge in [0.05, 0.1) is 20.0 Å². The van der Waals surface area contributed by atoms with Crippen molar-refractivity contribution in [3.8, 4) is 0 Å². The first kappa shape index (κ1) is 32.9. The van der Waals surface area contributed by atoms with Gasteiger partial charge in [-0.3, -0.25) is 18.2 Å². The molecule has 0 fully saturated rings. The Morgan fingerprint density at radius 2 is 1.73 bits per heavy atom. The monoisotopic (exact) mass is 744 g/mol. The average Bonchev–Trinajstić information content (AvgIpc) is 3.79. The number of anilines is 2. The Morgan fingerprint density at radius 1 is 1.06 bits per heavy atom. The van der Waals surface area contributed by atoms with Crippen molar-refractivity contribution in [2.75, 3.05) is 38.0 Å². The van der Waals surface area contributed by atoms with Crippen LogP contribution in [0.5, 0.6) is 0 Å². The van der Waals surface area contributed by atoms with Gasteiger partial charge in [-0.05, 0) is 31.5 Å².